The van der Waals surface area contributed by atoms with Gasteiger partial charge in [0.25, 0.3) is 5.91 Å². The van der Waals surface area contributed by atoms with E-state index in [1.807, 2.05) is 24.3 Å². The van der Waals surface area contributed by atoms with E-state index in [0.29, 0.717) is 22.5 Å². The summed E-state index contributed by atoms with van der Waals surface area (Å²) < 4.78 is 0. The second-order valence-electron chi connectivity index (χ2n) is 5.90. The van der Waals surface area contributed by atoms with Crippen LogP contribution in [-0.2, 0) is 11.2 Å². The first-order valence-electron chi connectivity index (χ1n) is 8.01. The molecule has 0 aliphatic rings. The van der Waals surface area contributed by atoms with E-state index in [1.165, 1.54) is 0 Å². The number of benzene rings is 2. The van der Waals surface area contributed by atoms with Gasteiger partial charge in [-0.15, -0.1) is 0 Å². The molecule has 2 aromatic heterocycles. The number of aromatic amines is 1. The highest BCUT2D eigenvalue weighted by atomic mass is 16.2. The Labute approximate surface area is 148 Å². The first-order chi connectivity index (χ1) is 12.6. The van der Waals surface area contributed by atoms with Crippen molar-refractivity contribution in [3.05, 3.63) is 66.2 Å². The van der Waals surface area contributed by atoms with Crippen LogP contribution in [0.2, 0.25) is 0 Å². The zero-order valence-corrected chi connectivity index (χ0v) is 13.7. The van der Waals surface area contributed by atoms with Crippen LogP contribution in [0.1, 0.15) is 16.1 Å². The summed E-state index contributed by atoms with van der Waals surface area (Å²) >= 11 is 0. The van der Waals surface area contributed by atoms with Gasteiger partial charge in [0.15, 0.2) is 0 Å². The van der Waals surface area contributed by atoms with Gasteiger partial charge < -0.3 is 16.0 Å². The Balaban J connectivity index is 1.65. The number of H-pyrrole nitrogens is 1. The van der Waals surface area contributed by atoms with Crippen LogP contribution in [0.3, 0.4) is 0 Å². The first kappa shape index (κ1) is 15.8. The molecule has 0 aliphatic carbocycles. The van der Waals surface area contributed by atoms with Gasteiger partial charge in [0.1, 0.15) is 0 Å². The van der Waals surface area contributed by atoms with Crippen molar-refractivity contribution in [1.29, 1.82) is 0 Å². The van der Waals surface area contributed by atoms with Gasteiger partial charge >= 0.3 is 0 Å². The standard InChI is InChI=1S/C19H15N5O2/c20-19(26)15-3-1-2-14-13-5-4-11(8-16(13)24-18(14)15)23-17(25)9-12-10-21-6-7-22-12/h1-8,10,24H,9H2,(H2,20,26)(H,23,25). The lowest BCUT2D eigenvalue weighted by molar-refractivity contribution is -0.115. The molecule has 0 saturated carbocycles. The van der Waals surface area contributed by atoms with Crippen LogP contribution >= 0.6 is 0 Å². The van der Waals surface area contributed by atoms with E-state index in [9.17, 15) is 9.59 Å². The molecule has 0 radical (unpaired) electrons. The number of amides is 2. The van der Waals surface area contributed by atoms with Gasteiger partial charge in [-0.25, -0.2) is 0 Å². The van der Waals surface area contributed by atoms with Gasteiger partial charge in [0, 0.05) is 40.6 Å². The normalized spacial score (nSPS) is 10.9. The number of fused-ring (bicyclic) bond motifs is 3. The molecule has 0 atom stereocenters. The largest absolute Gasteiger partial charge is 0.366 e. The molecule has 4 rings (SSSR count). The summed E-state index contributed by atoms with van der Waals surface area (Å²) in [6.07, 6.45) is 4.82. The van der Waals surface area contributed by atoms with E-state index in [-0.39, 0.29) is 12.3 Å². The minimum Gasteiger partial charge on any atom is -0.366 e. The molecule has 2 aromatic carbocycles. The number of nitrogens with one attached hydrogen (secondary N) is 2. The average molecular weight is 345 g/mol. The third-order valence-electron chi connectivity index (χ3n) is 4.14. The van der Waals surface area contributed by atoms with Crippen molar-refractivity contribution in [3.8, 4) is 0 Å². The van der Waals surface area contributed by atoms with E-state index in [0.717, 1.165) is 16.3 Å². The molecule has 4 aromatic rings. The molecule has 0 bridgehead atoms. The van der Waals surface area contributed by atoms with Crippen LogP contribution in [0.5, 0.6) is 0 Å². The van der Waals surface area contributed by atoms with Gasteiger partial charge in [-0.3, -0.25) is 19.6 Å². The van der Waals surface area contributed by atoms with Gasteiger partial charge in [0.05, 0.1) is 23.2 Å². The van der Waals surface area contributed by atoms with Crippen molar-refractivity contribution in [2.45, 2.75) is 6.42 Å². The van der Waals surface area contributed by atoms with Crippen LogP contribution in [0.15, 0.2) is 55.0 Å². The van der Waals surface area contributed by atoms with Crippen molar-refractivity contribution < 1.29 is 9.59 Å². The second kappa shape index (κ2) is 6.29. The number of rotatable bonds is 4. The molecule has 7 nitrogen and oxygen atoms in total. The van der Waals surface area contributed by atoms with Crippen LogP contribution in [0.25, 0.3) is 21.8 Å². The number of nitrogens with two attached hydrogens (primary N) is 1. The smallest absolute Gasteiger partial charge is 0.250 e. The predicted octanol–water partition coefficient (Wildman–Crippen LogP) is 2.39. The summed E-state index contributed by atoms with van der Waals surface area (Å²) in [6.45, 7) is 0. The highest BCUT2D eigenvalue weighted by Crippen LogP contribution is 2.29. The van der Waals surface area contributed by atoms with Crippen molar-refractivity contribution >= 4 is 39.3 Å². The molecule has 2 amide bonds. The number of carbonyl (C=O) groups excluding carboxylic acids is 2. The summed E-state index contributed by atoms with van der Waals surface area (Å²) in [4.78, 5) is 35.1. The fraction of sp³-hybridized carbons (Fsp3) is 0.0526. The summed E-state index contributed by atoms with van der Waals surface area (Å²) in [6, 6.07) is 11.0. The third kappa shape index (κ3) is 2.86. The van der Waals surface area contributed by atoms with Gasteiger partial charge in [-0.2, -0.15) is 0 Å². The van der Waals surface area contributed by atoms with Gasteiger partial charge in [0.2, 0.25) is 5.91 Å². The summed E-state index contributed by atoms with van der Waals surface area (Å²) in [7, 11) is 0. The maximum absolute atomic E-state index is 12.2. The lowest BCUT2D eigenvalue weighted by Crippen LogP contribution is -2.15. The van der Waals surface area contributed by atoms with Crippen LogP contribution in [0.4, 0.5) is 5.69 Å². The Bertz CT molecular complexity index is 1130. The highest BCUT2D eigenvalue weighted by Gasteiger charge is 2.12. The molecule has 0 saturated heterocycles. The van der Waals surface area contributed by atoms with Crippen LogP contribution in [0, 0.1) is 0 Å². The Morgan fingerprint density at radius 3 is 2.77 bits per heavy atom. The van der Waals surface area contributed by atoms with Crippen LogP contribution < -0.4 is 11.1 Å². The number of aromatic nitrogens is 3. The molecule has 4 N–H and O–H groups in total. The lowest BCUT2D eigenvalue weighted by Gasteiger charge is -2.05. The van der Waals surface area contributed by atoms with Crippen molar-refractivity contribution in [2.75, 3.05) is 5.32 Å². The molecule has 0 aliphatic heterocycles. The molecule has 128 valence electrons. The van der Waals surface area contributed by atoms with Gasteiger partial charge in [-0.05, 0) is 18.2 Å². The van der Waals surface area contributed by atoms with E-state index in [2.05, 4.69) is 20.3 Å². The Hall–Kier alpha value is -3.74. The quantitative estimate of drug-likeness (QED) is 0.527. The molecule has 26 heavy (non-hydrogen) atoms. The minimum atomic E-state index is -0.486. The van der Waals surface area contributed by atoms with E-state index in [1.54, 1.807) is 30.7 Å². The van der Waals surface area contributed by atoms with Crippen molar-refractivity contribution in [2.24, 2.45) is 5.73 Å². The molecule has 0 unspecified atom stereocenters. The van der Waals surface area contributed by atoms with E-state index in [4.69, 9.17) is 5.73 Å². The fourth-order valence-corrected chi connectivity index (χ4v) is 3.00. The number of para-hydroxylation sites is 1. The number of primary amides is 1. The summed E-state index contributed by atoms with van der Waals surface area (Å²) in [5.74, 6) is -0.668. The fourth-order valence-electron chi connectivity index (χ4n) is 3.00. The second-order valence-corrected chi connectivity index (χ2v) is 5.90. The predicted molar refractivity (Wildman–Crippen MR) is 98.7 cm³/mol. The first-order valence-corrected chi connectivity index (χ1v) is 8.01. The molecule has 0 spiro atoms. The monoisotopic (exact) mass is 345 g/mol. The topological polar surface area (TPSA) is 114 Å². The number of nitrogens with zero attached hydrogens (tertiary/aromatic N) is 2. The maximum Gasteiger partial charge on any atom is 0.250 e. The van der Waals surface area contributed by atoms with Crippen LogP contribution in [-0.4, -0.2) is 26.8 Å². The highest BCUT2D eigenvalue weighted by molar-refractivity contribution is 6.15. The number of anilines is 1. The molecular formula is C19H15N5O2. The summed E-state index contributed by atoms with van der Waals surface area (Å²) in [5.41, 5.74) is 8.64. The molecule has 2 heterocycles. The Morgan fingerprint density at radius 2 is 2.00 bits per heavy atom. The van der Waals surface area contributed by atoms with Crippen molar-refractivity contribution in [3.63, 3.8) is 0 Å². The molecular weight excluding hydrogens is 330 g/mol. The van der Waals surface area contributed by atoms with E-state index < -0.39 is 5.91 Å². The third-order valence-corrected chi connectivity index (χ3v) is 4.14. The molecule has 0 fully saturated rings. The van der Waals surface area contributed by atoms with E-state index >= 15 is 0 Å². The van der Waals surface area contributed by atoms with Crippen molar-refractivity contribution in [1.82, 2.24) is 15.0 Å². The SMILES string of the molecule is NC(=O)c1cccc2c1[nH]c1cc(NC(=O)Cc3cnccn3)ccc12. The maximum atomic E-state index is 12.2. The molecule has 7 heteroatoms. The number of hydrogen-bond acceptors (Lipinski definition) is 4. The minimum absolute atomic E-state index is 0.143. The lowest BCUT2D eigenvalue weighted by atomic mass is 10.1. The number of hydrogen-bond donors (Lipinski definition) is 3. The summed E-state index contributed by atoms with van der Waals surface area (Å²) in [5, 5.41) is 4.71. The zero-order valence-electron chi connectivity index (χ0n) is 13.7. The zero-order chi connectivity index (χ0) is 18.1. The average Bonchev–Trinajstić information content (AvgIpc) is 3.00. The number of carbonyl (C=O) groups is 2. The Kier molecular flexibility index (Phi) is 3.81. The van der Waals surface area contributed by atoms with Gasteiger partial charge in [-0.1, -0.05) is 18.2 Å². The Morgan fingerprint density at radius 1 is 1.12 bits per heavy atom.